The third kappa shape index (κ3) is 2.70. The van der Waals surface area contributed by atoms with E-state index in [0.717, 1.165) is 44.2 Å². The monoisotopic (exact) mass is 495 g/mol. The summed E-state index contributed by atoms with van der Waals surface area (Å²) < 4.78 is 0. The van der Waals surface area contributed by atoms with Crippen LogP contribution in [0.3, 0.4) is 0 Å². The van der Waals surface area contributed by atoms with Gasteiger partial charge in [0.15, 0.2) is 5.71 Å². The standard InChI is InChI=1S/C27H30ClN3O4/c1-24-9-8-20-25(2)10-7-16(32)14-26(25)11-12-27(20,35-34-26)19(24)5-6-21(24)30-31-22-17-13-15(28)3-4-18(17)29-23(22)33/h3-4,11-13,16,19-20,32H,5-10,14H2,1-2H3,(H,29,31,33)/b30-21+/t16-,19+,20+,24-,25+,26+,27-/m0/s1. The number of aliphatic hydroxyl groups excluding tert-OH is 1. The Labute approximate surface area is 209 Å². The van der Waals surface area contributed by atoms with Crippen LogP contribution in [-0.4, -0.2) is 39.7 Å². The van der Waals surface area contributed by atoms with Crippen LogP contribution in [0.25, 0.3) is 0 Å². The molecule has 0 radical (unpaired) electrons. The fourth-order valence-electron chi connectivity index (χ4n) is 8.39. The van der Waals surface area contributed by atoms with Gasteiger partial charge in [-0.05, 0) is 62.8 Å². The van der Waals surface area contributed by atoms with E-state index in [1.807, 2.05) is 0 Å². The maximum atomic E-state index is 12.6. The van der Waals surface area contributed by atoms with Gasteiger partial charge in [-0.25, -0.2) is 9.78 Å². The zero-order valence-electron chi connectivity index (χ0n) is 20.0. The highest BCUT2D eigenvalue weighted by atomic mass is 35.5. The summed E-state index contributed by atoms with van der Waals surface area (Å²) in [5.41, 5.74) is 1.43. The number of benzene rings is 1. The Morgan fingerprint density at radius 3 is 2.74 bits per heavy atom. The van der Waals surface area contributed by atoms with Crippen LogP contribution in [0.15, 0.2) is 40.6 Å². The minimum atomic E-state index is -0.545. The molecule has 3 heterocycles. The number of anilines is 1. The van der Waals surface area contributed by atoms with Crippen molar-refractivity contribution < 1.29 is 19.7 Å². The molecule has 1 aromatic carbocycles. The topological polar surface area (TPSA) is 92.5 Å². The number of halogens is 1. The Balaban J connectivity index is 1.26. The molecule has 8 heteroatoms. The zero-order chi connectivity index (χ0) is 24.2. The van der Waals surface area contributed by atoms with Gasteiger partial charge in [-0.1, -0.05) is 31.5 Å². The molecule has 2 spiro atoms. The quantitative estimate of drug-likeness (QED) is 0.332. The third-order valence-corrected chi connectivity index (χ3v) is 10.6. The molecule has 3 saturated carbocycles. The maximum Gasteiger partial charge on any atom is 0.276 e. The molecular weight excluding hydrogens is 466 g/mol. The molecule has 1 aromatic rings. The molecule has 35 heavy (non-hydrogen) atoms. The molecule has 2 bridgehead atoms. The van der Waals surface area contributed by atoms with Gasteiger partial charge in [-0.15, -0.1) is 5.10 Å². The van der Waals surface area contributed by atoms with E-state index in [4.69, 9.17) is 26.5 Å². The van der Waals surface area contributed by atoms with Crippen molar-refractivity contribution in [2.24, 2.45) is 32.9 Å². The second-order valence-corrected chi connectivity index (χ2v) is 12.2. The first-order valence-electron chi connectivity index (χ1n) is 12.7. The minimum Gasteiger partial charge on any atom is -0.393 e. The molecule has 7 nitrogen and oxygen atoms in total. The number of aliphatic hydroxyl groups is 1. The van der Waals surface area contributed by atoms with Gasteiger partial charge in [0.05, 0.1) is 11.8 Å². The second kappa shape index (κ2) is 7.03. The van der Waals surface area contributed by atoms with Crippen LogP contribution in [0.4, 0.5) is 5.69 Å². The normalized spacial score (nSPS) is 47.4. The Kier molecular flexibility index (Phi) is 4.45. The number of rotatable bonds is 1. The molecule has 8 rings (SSSR count). The summed E-state index contributed by atoms with van der Waals surface area (Å²) in [7, 11) is 0. The fourth-order valence-corrected chi connectivity index (χ4v) is 8.56. The van der Waals surface area contributed by atoms with Crippen molar-refractivity contribution in [3.05, 3.63) is 40.9 Å². The van der Waals surface area contributed by atoms with Crippen molar-refractivity contribution in [1.82, 2.24) is 0 Å². The summed E-state index contributed by atoms with van der Waals surface area (Å²) >= 11 is 6.17. The second-order valence-electron chi connectivity index (χ2n) is 11.8. The van der Waals surface area contributed by atoms with Gasteiger partial charge in [0.25, 0.3) is 5.91 Å². The Morgan fingerprint density at radius 1 is 1.09 bits per heavy atom. The van der Waals surface area contributed by atoms with Gasteiger partial charge in [0.2, 0.25) is 0 Å². The third-order valence-electron chi connectivity index (χ3n) is 10.3. The molecule has 4 aliphatic carbocycles. The molecule has 184 valence electrons. The number of amides is 1. The SMILES string of the molecule is C[C@]12CC[C@H]3[C@]4(C=C[C@]5(C[C@@H](O)CC[C@]35C)OO4)[C@@H]1CC/C2=N\N=C1/C(=O)Nc2ccc(Cl)cc21. The molecule has 1 saturated heterocycles. The molecule has 0 aromatic heterocycles. The van der Waals surface area contributed by atoms with Crippen LogP contribution >= 0.6 is 11.6 Å². The molecule has 7 aliphatic rings. The van der Waals surface area contributed by atoms with Crippen molar-refractivity contribution in [2.45, 2.75) is 76.1 Å². The number of hydrogen-bond donors (Lipinski definition) is 2. The molecule has 1 amide bonds. The lowest BCUT2D eigenvalue weighted by atomic mass is 9.43. The van der Waals surface area contributed by atoms with E-state index in [-0.39, 0.29) is 28.8 Å². The van der Waals surface area contributed by atoms with E-state index in [1.165, 1.54) is 0 Å². The van der Waals surface area contributed by atoms with Gasteiger partial charge < -0.3 is 10.4 Å². The van der Waals surface area contributed by atoms with Crippen LogP contribution in [-0.2, 0) is 14.6 Å². The van der Waals surface area contributed by atoms with Crippen LogP contribution in [0.1, 0.15) is 64.4 Å². The van der Waals surface area contributed by atoms with Crippen molar-refractivity contribution in [3.8, 4) is 0 Å². The van der Waals surface area contributed by atoms with Crippen LogP contribution in [0.2, 0.25) is 5.02 Å². The first-order chi connectivity index (χ1) is 16.7. The number of nitrogens with one attached hydrogen (secondary N) is 1. The highest BCUT2D eigenvalue weighted by molar-refractivity contribution is 6.54. The Morgan fingerprint density at radius 2 is 1.94 bits per heavy atom. The van der Waals surface area contributed by atoms with Crippen molar-refractivity contribution in [3.63, 3.8) is 0 Å². The summed E-state index contributed by atoms with van der Waals surface area (Å²) in [6, 6.07) is 5.30. The summed E-state index contributed by atoms with van der Waals surface area (Å²) in [6.07, 6.45) is 10.2. The summed E-state index contributed by atoms with van der Waals surface area (Å²) in [5, 5.41) is 23.0. The minimum absolute atomic E-state index is 0.0639. The summed E-state index contributed by atoms with van der Waals surface area (Å²) in [5.74, 6) is 0.293. The Bertz CT molecular complexity index is 1240. The molecule has 0 unspecified atom stereocenters. The average Bonchev–Trinajstić information content (AvgIpc) is 3.33. The lowest BCUT2D eigenvalue weighted by Gasteiger charge is -2.69. The van der Waals surface area contributed by atoms with Crippen molar-refractivity contribution >= 4 is 34.6 Å². The lowest BCUT2D eigenvalue weighted by Crippen LogP contribution is -2.73. The maximum absolute atomic E-state index is 12.6. The largest absolute Gasteiger partial charge is 0.393 e. The summed E-state index contributed by atoms with van der Waals surface area (Å²) in [4.78, 5) is 25.1. The lowest BCUT2D eigenvalue weighted by molar-refractivity contribution is -0.496. The van der Waals surface area contributed by atoms with Gasteiger partial charge in [0.1, 0.15) is 11.2 Å². The van der Waals surface area contributed by atoms with Crippen LogP contribution < -0.4 is 5.32 Å². The highest BCUT2D eigenvalue weighted by Crippen LogP contribution is 2.70. The van der Waals surface area contributed by atoms with E-state index >= 15 is 0 Å². The number of hydrogen-bond acceptors (Lipinski definition) is 6. The predicted octanol–water partition coefficient (Wildman–Crippen LogP) is 4.82. The van der Waals surface area contributed by atoms with Crippen LogP contribution in [0, 0.1) is 22.7 Å². The predicted molar refractivity (Wildman–Crippen MR) is 132 cm³/mol. The van der Waals surface area contributed by atoms with Gasteiger partial charge >= 0.3 is 0 Å². The molecule has 7 atom stereocenters. The summed E-state index contributed by atoms with van der Waals surface area (Å²) in [6.45, 7) is 4.61. The van der Waals surface area contributed by atoms with E-state index in [2.05, 4.69) is 36.4 Å². The van der Waals surface area contributed by atoms with Gasteiger partial charge in [0, 0.05) is 45.4 Å². The first kappa shape index (κ1) is 22.2. The molecule has 4 fully saturated rings. The number of nitrogens with zero attached hydrogens (tertiary/aromatic N) is 2. The van der Waals surface area contributed by atoms with E-state index in [0.29, 0.717) is 34.3 Å². The number of carbonyl (C=O) groups is 1. The van der Waals surface area contributed by atoms with Crippen LogP contribution in [0.5, 0.6) is 0 Å². The van der Waals surface area contributed by atoms with Crippen molar-refractivity contribution in [1.29, 1.82) is 0 Å². The highest BCUT2D eigenvalue weighted by Gasteiger charge is 2.74. The number of fused-ring (bicyclic) bond motifs is 3. The number of carbonyl (C=O) groups excluding carboxylic acids is 1. The Hall–Kier alpha value is -2.06. The molecular formula is C27H30ClN3O4. The van der Waals surface area contributed by atoms with Gasteiger partial charge in [-0.2, -0.15) is 5.10 Å². The van der Waals surface area contributed by atoms with E-state index in [9.17, 15) is 9.90 Å². The zero-order valence-corrected chi connectivity index (χ0v) is 20.8. The first-order valence-corrected chi connectivity index (χ1v) is 13.1. The average molecular weight is 496 g/mol. The van der Waals surface area contributed by atoms with Crippen molar-refractivity contribution in [2.75, 3.05) is 5.32 Å². The molecule has 2 N–H and O–H groups in total. The van der Waals surface area contributed by atoms with Gasteiger partial charge in [-0.3, -0.25) is 4.79 Å². The smallest absolute Gasteiger partial charge is 0.276 e. The molecule has 3 aliphatic heterocycles. The van der Waals surface area contributed by atoms with E-state index < -0.39 is 11.2 Å². The fraction of sp³-hybridized carbons (Fsp3) is 0.593. The van der Waals surface area contributed by atoms with E-state index in [1.54, 1.807) is 18.2 Å².